The molecule has 2 atom stereocenters. The lowest BCUT2D eigenvalue weighted by Crippen LogP contribution is -2.45. The number of ether oxygens (including phenoxy) is 1. The van der Waals surface area contributed by atoms with Crippen LogP contribution in [-0.4, -0.2) is 47.4 Å². The molecule has 0 heterocycles. The number of carbonyl (C=O) groups is 2. The predicted octanol–water partition coefficient (Wildman–Crippen LogP) is 15.1. The Labute approximate surface area is 361 Å². The number of amides is 1. The van der Waals surface area contributed by atoms with E-state index < -0.39 is 12.1 Å². The van der Waals surface area contributed by atoms with E-state index in [1.165, 1.54) is 154 Å². The van der Waals surface area contributed by atoms with Gasteiger partial charge < -0.3 is 20.3 Å². The summed E-state index contributed by atoms with van der Waals surface area (Å²) in [5, 5.41) is 23.2. The van der Waals surface area contributed by atoms with Gasteiger partial charge in [0.25, 0.3) is 0 Å². The summed E-state index contributed by atoms with van der Waals surface area (Å²) in [5.74, 6) is -0.0994. The third-order valence-corrected chi connectivity index (χ3v) is 11.7. The third kappa shape index (κ3) is 43.9. The molecule has 0 aliphatic heterocycles. The maximum Gasteiger partial charge on any atom is 0.305 e. The van der Waals surface area contributed by atoms with Crippen molar-refractivity contribution >= 4 is 11.9 Å². The Morgan fingerprint density at radius 3 is 1.22 bits per heavy atom. The van der Waals surface area contributed by atoms with Crippen molar-refractivity contribution in [3.63, 3.8) is 0 Å². The van der Waals surface area contributed by atoms with Gasteiger partial charge in [-0.3, -0.25) is 9.59 Å². The molecular formula is C52H99NO5. The van der Waals surface area contributed by atoms with E-state index in [-0.39, 0.29) is 18.5 Å². The predicted molar refractivity (Wildman–Crippen MR) is 250 cm³/mol. The number of aliphatic hydroxyl groups is 2. The monoisotopic (exact) mass is 818 g/mol. The first-order valence-electron chi connectivity index (χ1n) is 25.6. The second kappa shape index (κ2) is 48.0. The summed E-state index contributed by atoms with van der Waals surface area (Å²) in [6.45, 7) is 4.86. The zero-order chi connectivity index (χ0) is 42.3. The van der Waals surface area contributed by atoms with Gasteiger partial charge in [-0.05, 0) is 77.0 Å². The number of carbonyl (C=O) groups excluding carboxylic acids is 2. The van der Waals surface area contributed by atoms with Crippen LogP contribution in [0, 0.1) is 0 Å². The van der Waals surface area contributed by atoms with Gasteiger partial charge in [0.2, 0.25) is 5.91 Å². The van der Waals surface area contributed by atoms with Crippen molar-refractivity contribution in [3.8, 4) is 0 Å². The molecule has 6 nitrogen and oxygen atoms in total. The Morgan fingerprint density at radius 1 is 0.466 bits per heavy atom. The summed E-state index contributed by atoms with van der Waals surface area (Å²) in [5.41, 5.74) is 0. The van der Waals surface area contributed by atoms with Crippen LogP contribution < -0.4 is 5.32 Å². The van der Waals surface area contributed by atoms with Crippen LogP contribution in [-0.2, 0) is 14.3 Å². The molecule has 6 heteroatoms. The van der Waals surface area contributed by atoms with Crippen LogP contribution in [0.3, 0.4) is 0 Å². The molecule has 0 rings (SSSR count). The van der Waals surface area contributed by atoms with Crippen LogP contribution in [0.5, 0.6) is 0 Å². The highest BCUT2D eigenvalue weighted by Crippen LogP contribution is 2.16. The van der Waals surface area contributed by atoms with Gasteiger partial charge in [0, 0.05) is 12.8 Å². The standard InChI is InChI=1S/C52H99NO5/c1-3-5-7-9-11-13-15-17-18-19-20-22-26-30-34-38-42-46-52(57)58-47-43-39-35-31-27-23-25-29-33-37-41-45-51(56)53-49(48-54)50(55)44-40-36-32-28-24-21-16-14-12-10-8-6-4-2/h17-18,27,31,49-50,54-55H,3-16,19-26,28-30,32-48H2,1-2H3,(H,53,56)/b18-17-,31-27-. The van der Waals surface area contributed by atoms with Gasteiger partial charge in [0.05, 0.1) is 25.4 Å². The molecule has 2 unspecified atom stereocenters. The summed E-state index contributed by atoms with van der Waals surface area (Å²) in [6, 6.07) is -0.561. The summed E-state index contributed by atoms with van der Waals surface area (Å²) >= 11 is 0. The second-order valence-electron chi connectivity index (χ2n) is 17.5. The highest BCUT2D eigenvalue weighted by molar-refractivity contribution is 5.76. The lowest BCUT2D eigenvalue weighted by molar-refractivity contribution is -0.143. The van der Waals surface area contributed by atoms with Crippen molar-refractivity contribution in [3.05, 3.63) is 24.3 Å². The van der Waals surface area contributed by atoms with Crippen LogP contribution >= 0.6 is 0 Å². The Bertz CT molecular complexity index is 904. The molecule has 0 aromatic heterocycles. The van der Waals surface area contributed by atoms with Crippen molar-refractivity contribution in [2.24, 2.45) is 0 Å². The van der Waals surface area contributed by atoms with E-state index >= 15 is 0 Å². The average Bonchev–Trinajstić information content (AvgIpc) is 3.22. The van der Waals surface area contributed by atoms with Crippen LogP contribution in [0.4, 0.5) is 0 Å². The summed E-state index contributed by atoms with van der Waals surface area (Å²) < 4.78 is 5.44. The van der Waals surface area contributed by atoms with Gasteiger partial charge in [0.15, 0.2) is 0 Å². The highest BCUT2D eigenvalue weighted by Gasteiger charge is 2.20. The summed E-state index contributed by atoms with van der Waals surface area (Å²) in [7, 11) is 0. The fraction of sp³-hybridized carbons (Fsp3) is 0.885. The van der Waals surface area contributed by atoms with Crippen molar-refractivity contribution in [1.82, 2.24) is 5.32 Å². The van der Waals surface area contributed by atoms with E-state index in [2.05, 4.69) is 43.5 Å². The van der Waals surface area contributed by atoms with Crippen LogP contribution in [0.15, 0.2) is 24.3 Å². The molecule has 58 heavy (non-hydrogen) atoms. The zero-order valence-corrected chi connectivity index (χ0v) is 38.8. The molecule has 1 amide bonds. The molecule has 342 valence electrons. The normalized spacial score (nSPS) is 12.8. The zero-order valence-electron chi connectivity index (χ0n) is 38.8. The van der Waals surface area contributed by atoms with Gasteiger partial charge >= 0.3 is 5.97 Å². The number of allylic oxidation sites excluding steroid dienone is 4. The van der Waals surface area contributed by atoms with Gasteiger partial charge in [0.1, 0.15) is 0 Å². The molecule has 0 aromatic rings. The Kier molecular flexibility index (Phi) is 46.6. The first-order valence-corrected chi connectivity index (χ1v) is 25.6. The van der Waals surface area contributed by atoms with E-state index in [1.807, 2.05) is 0 Å². The van der Waals surface area contributed by atoms with Crippen molar-refractivity contribution in [2.75, 3.05) is 13.2 Å². The molecule has 0 spiro atoms. The maximum absolute atomic E-state index is 12.4. The highest BCUT2D eigenvalue weighted by atomic mass is 16.5. The Hall–Kier alpha value is -1.66. The van der Waals surface area contributed by atoms with Crippen LogP contribution in [0.25, 0.3) is 0 Å². The maximum atomic E-state index is 12.4. The minimum absolute atomic E-state index is 0.0347. The molecule has 0 bridgehead atoms. The van der Waals surface area contributed by atoms with E-state index in [0.29, 0.717) is 25.9 Å². The van der Waals surface area contributed by atoms with E-state index in [4.69, 9.17) is 4.74 Å². The molecule has 0 saturated heterocycles. The van der Waals surface area contributed by atoms with Gasteiger partial charge in [-0.25, -0.2) is 0 Å². The number of unbranched alkanes of at least 4 members (excludes halogenated alkanes) is 32. The van der Waals surface area contributed by atoms with E-state index in [1.54, 1.807) is 0 Å². The second-order valence-corrected chi connectivity index (χ2v) is 17.5. The summed E-state index contributed by atoms with van der Waals surface area (Å²) in [6.07, 6.45) is 55.7. The number of hydrogen-bond acceptors (Lipinski definition) is 5. The molecular weight excluding hydrogens is 719 g/mol. The van der Waals surface area contributed by atoms with Crippen LogP contribution in [0.1, 0.15) is 271 Å². The van der Waals surface area contributed by atoms with Gasteiger partial charge in [-0.1, -0.05) is 205 Å². The summed E-state index contributed by atoms with van der Waals surface area (Å²) in [4.78, 5) is 24.5. The Morgan fingerprint density at radius 2 is 0.810 bits per heavy atom. The molecule has 0 aromatic carbocycles. The van der Waals surface area contributed by atoms with Crippen molar-refractivity contribution < 1.29 is 24.5 Å². The minimum atomic E-state index is -0.681. The first-order chi connectivity index (χ1) is 28.5. The average molecular weight is 818 g/mol. The van der Waals surface area contributed by atoms with E-state index in [0.717, 1.165) is 83.5 Å². The smallest absolute Gasteiger partial charge is 0.305 e. The molecule has 3 N–H and O–H groups in total. The topological polar surface area (TPSA) is 95.9 Å². The minimum Gasteiger partial charge on any atom is -0.466 e. The number of nitrogens with one attached hydrogen (secondary N) is 1. The third-order valence-electron chi connectivity index (χ3n) is 11.7. The molecule has 0 aliphatic carbocycles. The number of hydrogen-bond donors (Lipinski definition) is 3. The van der Waals surface area contributed by atoms with Crippen molar-refractivity contribution in [2.45, 2.75) is 283 Å². The molecule has 0 saturated carbocycles. The number of aliphatic hydroxyl groups excluding tert-OH is 2. The van der Waals surface area contributed by atoms with Gasteiger partial charge in [-0.15, -0.1) is 0 Å². The fourth-order valence-electron chi connectivity index (χ4n) is 7.74. The fourth-order valence-corrected chi connectivity index (χ4v) is 7.74. The lowest BCUT2D eigenvalue weighted by Gasteiger charge is -2.22. The molecule has 0 aliphatic rings. The quantitative estimate of drug-likeness (QED) is 0.0323. The number of rotatable bonds is 47. The van der Waals surface area contributed by atoms with Gasteiger partial charge in [-0.2, -0.15) is 0 Å². The SMILES string of the molecule is CCCCCCCC/C=C\CCCCCCCCCC(=O)OCCCC/C=C\CCCCCCCC(=O)NC(CO)C(O)CCCCCCCCCCCCCCC. The lowest BCUT2D eigenvalue weighted by atomic mass is 10.0. The van der Waals surface area contributed by atoms with Crippen LogP contribution in [0.2, 0.25) is 0 Å². The molecule has 0 fully saturated rings. The number of esters is 1. The Balaban J connectivity index is 3.51. The van der Waals surface area contributed by atoms with Crippen molar-refractivity contribution in [1.29, 1.82) is 0 Å². The molecule has 0 radical (unpaired) electrons. The first kappa shape index (κ1) is 56.3. The van der Waals surface area contributed by atoms with E-state index in [9.17, 15) is 19.8 Å². The largest absolute Gasteiger partial charge is 0.466 e.